The lowest BCUT2D eigenvalue weighted by Crippen LogP contribution is -2.34. The highest BCUT2D eigenvalue weighted by molar-refractivity contribution is 7.80. The molecule has 0 aliphatic carbocycles. The molecular formula is C18H16N4O3S2. The van der Waals surface area contributed by atoms with Crippen molar-refractivity contribution in [3.63, 3.8) is 0 Å². The maximum atomic E-state index is 12.2. The minimum Gasteiger partial charge on any atom is -0.497 e. The van der Waals surface area contributed by atoms with Crippen LogP contribution in [-0.4, -0.2) is 29.0 Å². The molecule has 0 radical (unpaired) electrons. The third-order valence-electron chi connectivity index (χ3n) is 3.51. The largest absolute Gasteiger partial charge is 0.497 e. The molecule has 1 aromatic heterocycles. The quantitative estimate of drug-likeness (QED) is 0.582. The number of methoxy groups -OCH3 is 1. The van der Waals surface area contributed by atoms with Crippen molar-refractivity contribution in [1.29, 1.82) is 0 Å². The Morgan fingerprint density at radius 2 is 1.85 bits per heavy atom. The second-order valence-electron chi connectivity index (χ2n) is 5.52. The average molecular weight is 400 g/mol. The topological polar surface area (TPSA) is 92.3 Å². The maximum absolute atomic E-state index is 12.2. The fourth-order valence-electron chi connectivity index (χ4n) is 2.31. The van der Waals surface area contributed by atoms with Gasteiger partial charge >= 0.3 is 0 Å². The van der Waals surface area contributed by atoms with Crippen molar-refractivity contribution in [2.45, 2.75) is 6.92 Å². The number of thiocarbonyl (C=S) groups is 1. The Hall–Kier alpha value is -3.04. The molecule has 0 unspecified atom stereocenters. The van der Waals surface area contributed by atoms with E-state index in [9.17, 15) is 9.59 Å². The highest BCUT2D eigenvalue weighted by Gasteiger charge is 2.11. The molecule has 0 fully saturated rings. The summed E-state index contributed by atoms with van der Waals surface area (Å²) in [6.07, 6.45) is 0. The number of hydrogen-bond acceptors (Lipinski definition) is 6. The van der Waals surface area contributed by atoms with Crippen molar-refractivity contribution in [3.8, 4) is 5.75 Å². The van der Waals surface area contributed by atoms with Gasteiger partial charge in [0.15, 0.2) is 10.2 Å². The molecule has 2 amide bonds. The lowest BCUT2D eigenvalue weighted by molar-refractivity contribution is -0.114. The van der Waals surface area contributed by atoms with Gasteiger partial charge in [-0.1, -0.05) is 11.3 Å². The molecular weight excluding hydrogens is 384 g/mol. The summed E-state index contributed by atoms with van der Waals surface area (Å²) in [4.78, 5) is 27.8. The molecule has 9 heteroatoms. The number of ether oxygens (including phenoxy) is 1. The van der Waals surface area contributed by atoms with Gasteiger partial charge in [-0.2, -0.15) is 0 Å². The van der Waals surface area contributed by atoms with Crippen LogP contribution in [0.5, 0.6) is 5.75 Å². The molecule has 3 N–H and O–H groups in total. The van der Waals surface area contributed by atoms with Crippen molar-refractivity contribution < 1.29 is 14.3 Å². The summed E-state index contributed by atoms with van der Waals surface area (Å²) in [6.45, 7) is 1.45. The van der Waals surface area contributed by atoms with Crippen LogP contribution in [0.25, 0.3) is 10.2 Å². The number of hydrogen-bond donors (Lipinski definition) is 3. The zero-order chi connectivity index (χ0) is 19.4. The minimum atomic E-state index is -0.329. The van der Waals surface area contributed by atoms with Gasteiger partial charge in [0.2, 0.25) is 5.91 Å². The van der Waals surface area contributed by atoms with E-state index in [1.807, 2.05) is 6.07 Å². The minimum absolute atomic E-state index is 0.139. The van der Waals surface area contributed by atoms with Crippen molar-refractivity contribution in [1.82, 2.24) is 10.3 Å². The van der Waals surface area contributed by atoms with Gasteiger partial charge in [0, 0.05) is 18.2 Å². The molecule has 27 heavy (non-hydrogen) atoms. The predicted molar refractivity (Wildman–Crippen MR) is 111 cm³/mol. The molecule has 0 saturated heterocycles. The van der Waals surface area contributed by atoms with Crippen LogP contribution in [0.2, 0.25) is 0 Å². The van der Waals surface area contributed by atoms with Gasteiger partial charge in [-0.05, 0) is 54.7 Å². The van der Waals surface area contributed by atoms with E-state index in [1.54, 1.807) is 43.5 Å². The summed E-state index contributed by atoms with van der Waals surface area (Å²) in [5, 5.41) is 8.95. The Morgan fingerprint density at radius 1 is 1.11 bits per heavy atom. The number of thiazole rings is 1. The van der Waals surface area contributed by atoms with Crippen molar-refractivity contribution >= 4 is 61.5 Å². The second-order valence-corrected chi connectivity index (χ2v) is 6.96. The van der Waals surface area contributed by atoms with E-state index in [1.165, 1.54) is 18.3 Å². The number of amides is 2. The lowest BCUT2D eigenvalue weighted by Gasteiger charge is -2.07. The molecule has 3 rings (SSSR count). The molecule has 0 saturated carbocycles. The number of rotatable bonds is 4. The number of aromatic nitrogens is 1. The first kappa shape index (κ1) is 18.7. The first-order chi connectivity index (χ1) is 12.9. The van der Waals surface area contributed by atoms with Crippen LogP contribution in [0.1, 0.15) is 17.3 Å². The Morgan fingerprint density at radius 3 is 2.52 bits per heavy atom. The molecule has 138 valence electrons. The van der Waals surface area contributed by atoms with E-state index in [0.717, 1.165) is 10.2 Å². The number of fused-ring (bicyclic) bond motifs is 1. The number of carbonyl (C=O) groups is 2. The van der Waals surface area contributed by atoms with Crippen LogP contribution >= 0.6 is 23.6 Å². The standard InChI is InChI=1S/C18H16N4O3S2/c1-10(23)19-12-5-8-14-15(9-12)27-18(20-14)22-17(26)21-16(24)11-3-6-13(25-2)7-4-11/h3-9H,1-2H3,(H,19,23)(H2,20,21,22,24,26). The SMILES string of the molecule is COc1ccc(C(=O)NC(=S)Nc2nc3ccc(NC(C)=O)cc3s2)cc1. The van der Waals surface area contributed by atoms with E-state index in [0.29, 0.717) is 22.1 Å². The van der Waals surface area contributed by atoms with Gasteiger partial charge < -0.3 is 15.4 Å². The predicted octanol–water partition coefficient (Wildman–Crippen LogP) is 3.39. The molecule has 3 aromatic rings. The van der Waals surface area contributed by atoms with Gasteiger partial charge in [0.05, 0.1) is 17.3 Å². The van der Waals surface area contributed by atoms with Crippen molar-refractivity contribution in [3.05, 3.63) is 48.0 Å². The molecule has 0 aliphatic rings. The summed E-state index contributed by atoms with van der Waals surface area (Å²) in [6, 6.07) is 12.1. The fourth-order valence-corrected chi connectivity index (χ4v) is 3.47. The van der Waals surface area contributed by atoms with Crippen LogP contribution in [-0.2, 0) is 4.79 Å². The fraction of sp³-hybridized carbons (Fsp3) is 0.111. The second kappa shape index (κ2) is 8.11. The Bertz CT molecular complexity index is 1020. The van der Waals surface area contributed by atoms with E-state index in [4.69, 9.17) is 17.0 Å². The summed E-state index contributed by atoms with van der Waals surface area (Å²) >= 11 is 6.56. The van der Waals surface area contributed by atoms with Crippen molar-refractivity contribution in [2.75, 3.05) is 17.7 Å². The van der Waals surface area contributed by atoms with Crippen LogP contribution in [0.15, 0.2) is 42.5 Å². The Balaban J connectivity index is 1.66. The zero-order valence-electron chi connectivity index (χ0n) is 14.5. The third-order valence-corrected chi connectivity index (χ3v) is 4.65. The number of carbonyl (C=O) groups excluding carboxylic acids is 2. The van der Waals surface area contributed by atoms with Crippen molar-refractivity contribution in [2.24, 2.45) is 0 Å². The van der Waals surface area contributed by atoms with E-state index < -0.39 is 0 Å². The summed E-state index contributed by atoms with van der Waals surface area (Å²) in [5.41, 5.74) is 1.92. The van der Waals surface area contributed by atoms with E-state index >= 15 is 0 Å². The third kappa shape index (κ3) is 4.78. The Kier molecular flexibility index (Phi) is 5.63. The molecule has 1 heterocycles. The first-order valence-electron chi connectivity index (χ1n) is 7.89. The van der Waals surface area contributed by atoms with Crippen LogP contribution < -0.4 is 20.7 Å². The zero-order valence-corrected chi connectivity index (χ0v) is 16.2. The van der Waals surface area contributed by atoms with Crippen LogP contribution in [0.3, 0.4) is 0 Å². The van der Waals surface area contributed by atoms with Gasteiger partial charge in [-0.3, -0.25) is 14.9 Å². The molecule has 0 spiro atoms. The van der Waals surface area contributed by atoms with Crippen LogP contribution in [0, 0.1) is 0 Å². The molecule has 0 aliphatic heterocycles. The lowest BCUT2D eigenvalue weighted by atomic mass is 10.2. The number of nitrogens with one attached hydrogen (secondary N) is 3. The first-order valence-corrected chi connectivity index (χ1v) is 9.11. The maximum Gasteiger partial charge on any atom is 0.257 e. The highest BCUT2D eigenvalue weighted by atomic mass is 32.1. The average Bonchev–Trinajstić information content (AvgIpc) is 3.02. The number of nitrogens with zero attached hydrogens (tertiary/aromatic N) is 1. The Labute approximate surface area is 164 Å². The van der Waals surface area contributed by atoms with E-state index in [2.05, 4.69) is 20.9 Å². The molecule has 2 aromatic carbocycles. The molecule has 0 bridgehead atoms. The molecule has 0 atom stereocenters. The smallest absolute Gasteiger partial charge is 0.257 e. The summed E-state index contributed by atoms with van der Waals surface area (Å²) in [7, 11) is 1.56. The monoisotopic (exact) mass is 400 g/mol. The van der Waals surface area contributed by atoms with Gasteiger partial charge in [0.25, 0.3) is 5.91 Å². The summed E-state index contributed by atoms with van der Waals surface area (Å²) < 4.78 is 5.95. The molecule has 7 nitrogen and oxygen atoms in total. The number of benzene rings is 2. The van der Waals surface area contributed by atoms with E-state index in [-0.39, 0.29) is 16.9 Å². The summed E-state index contributed by atoms with van der Waals surface area (Å²) in [5.74, 6) is 0.198. The van der Waals surface area contributed by atoms with Gasteiger partial charge in [-0.25, -0.2) is 4.98 Å². The number of anilines is 2. The van der Waals surface area contributed by atoms with Gasteiger partial charge in [-0.15, -0.1) is 0 Å². The van der Waals surface area contributed by atoms with Crippen LogP contribution in [0.4, 0.5) is 10.8 Å². The highest BCUT2D eigenvalue weighted by Crippen LogP contribution is 2.28. The van der Waals surface area contributed by atoms with Gasteiger partial charge in [0.1, 0.15) is 5.75 Å². The normalized spacial score (nSPS) is 10.3.